The van der Waals surface area contributed by atoms with E-state index in [9.17, 15) is 39.6 Å². The van der Waals surface area contributed by atoms with Crippen LogP contribution >= 0.6 is 0 Å². The molecule has 1 aliphatic rings. The maximum Gasteiger partial charge on any atom is 0.321 e. The van der Waals surface area contributed by atoms with E-state index in [1.165, 1.54) is 27.7 Å². The van der Waals surface area contributed by atoms with Crippen molar-refractivity contribution in [3.05, 3.63) is 0 Å². The van der Waals surface area contributed by atoms with Gasteiger partial charge in [0.05, 0.1) is 0 Å². The van der Waals surface area contributed by atoms with Gasteiger partial charge in [0.15, 0.2) is 10.8 Å². The summed E-state index contributed by atoms with van der Waals surface area (Å²) in [4.78, 5) is 49.7. The van der Waals surface area contributed by atoms with Crippen LogP contribution in [0.25, 0.3) is 0 Å². The summed E-state index contributed by atoms with van der Waals surface area (Å²) in [5.74, 6) is -11.0. The number of hydrogen-bond acceptors (Lipinski definition) is 4. The number of carboxylic acids is 4. The van der Waals surface area contributed by atoms with E-state index in [1.807, 2.05) is 6.92 Å². The molecule has 0 amide bonds. The summed E-state index contributed by atoms with van der Waals surface area (Å²) in [6.07, 6.45) is 1.56. The Morgan fingerprint density at radius 3 is 1.41 bits per heavy atom. The molecule has 0 aromatic carbocycles. The van der Waals surface area contributed by atoms with Gasteiger partial charge in [-0.1, -0.05) is 54.4 Å². The summed E-state index contributed by atoms with van der Waals surface area (Å²) in [7, 11) is 0. The molecule has 0 aromatic rings. The Morgan fingerprint density at radius 2 is 1.14 bits per heavy atom. The van der Waals surface area contributed by atoms with Crippen molar-refractivity contribution in [3.63, 3.8) is 0 Å². The van der Waals surface area contributed by atoms with Crippen LogP contribution in [0.5, 0.6) is 0 Å². The molecular formula is C21H34O8. The molecule has 4 atom stereocenters. The summed E-state index contributed by atoms with van der Waals surface area (Å²) in [5.41, 5.74) is -4.56. The third-order valence-electron chi connectivity index (χ3n) is 7.13. The molecular weight excluding hydrogens is 380 g/mol. The second-order valence-electron chi connectivity index (χ2n) is 9.08. The van der Waals surface area contributed by atoms with Crippen LogP contribution in [0.3, 0.4) is 0 Å². The van der Waals surface area contributed by atoms with Gasteiger partial charge in [-0.25, -0.2) is 0 Å². The fourth-order valence-corrected chi connectivity index (χ4v) is 5.98. The van der Waals surface area contributed by atoms with Crippen LogP contribution in [0, 0.1) is 46.3 Å². The highest BCUT2D eigenvalue weighted by Gasteiger charge is 2.70. The first kappa shape index (κ1) is 24.9. The molecule has 166 valence electrons. The highest BCUT2D eigenvalue weighted by Crippen LogP contribution is 2.61. The number of aliphatic carboxylic acids is 4. The van der Waals surface area contributed by atoms with Gasteiger partial charge in [-0.05, 0) is 41.9 Å². The average Bonchev–Trinajstić information content (AvgIpc) is 2.84. The molecule has 0 spiro atoms. The minimum atomic E-state index is -2.28. The number of hydrogen-bond donors (Lipinski definition) is 4. The first-order valence-electron chi connectivity index (χ1n) is 10.2. The van der Waals surface area contributed by atoms with Crippen LogP contribution in [0.4, 0.5) is 0 Å². The number of rotatable bonds is 10. The van der Waals surface area contributed by atoms with Crippen molar-refractivity contribution in [2.75, 3.05) is 0 Å². The normalized spacial score (nSPS) is 25.4. The largest absolute Gasteiger partial charge is 0.480 e. The summed E-state index contributed by atoms with van der Waals surface area (Å²) in [5, 5.41) is 40.4. The summed E-state index contributed by atoms with van der Waals surface area (Å²) >= 11 is 0. The number of carbonyl (C=O) groups is 4. The molecule has 1 rings (SSSR count). The standard InChI is InChI=1S/C21H34O8/c1-7-8-13-9-12(6)14(20(10(2)3,16(22)23)17(24)25)15(13)21(11(4)5,18(26)27)19(28)29/h10-15H,7-9H2,1-6H3,(H,22,23)(H,24,25)(H,26,27)(H,28,29). The Hall–Kier alpha value is -2.12. The summed E-state index contributed by atoms with van der Waals surface area (Å²) < 4.78 is 0. The predicted octanol–water partition coefficient (Wildman–Crippen LogP) is 3.30. The first-order chi connectivity index (χ1) is 13.2. The Labute approximate surface area is 171 Å². The van der Waals surface area contributed by atoms with Gasteiger partial charge in [0.2, 0.25) is 0 Å². The molecule has 0 aromatic heterocycles. The van der Waals surface area contributed by atoms with Crippen LogP contribution in [0.2, 0.25) is 0 Å². The minimum absolute atomic E-state index is 0.396. The van der Waals surface area contributed by atoms with E-state index in [0.717, 1.165) is 0 Å². The molecule has 8 heteroatoms. The Morgan fingerprint density at radius 1 is 0.793 bits per heavy atom. The Balaban J connectivity index is 4.01. The van der Waals surface area contributed by atoms with Gasteiger partial charge in [-0.15, -0.1) is 0 Å². The van der Waals surface area contributed by atoms with Gasteiger partial charge in [0.1, 0.15) is 0 Å². The van der Waals surface area contributed by atoms with Gasteiger partial charge >= 0.3 is 23.9 Å². The molecule has 1 aliphatic carbocycles. The molecule has 0 bridgehead atoms. The van der Waals surface area contributed by atoms with E-state index in [0.29, 0.717) is 19.3 Å². The summed E-state index contributed by atoms with van der Waals surface area (Å²) in [6.45, 7) is 9.55. The molecule has 8 nitrogen and oxygen atoms in total. The SMILES string of the molecule is CCCC1CC(C)C(C(C(=O)O)(C(=O)O)C(C)C)C1C(C(=O)O)(C(=O)O)C(C)C. The molecule has 0 heterocycles. The van der Waals surface area contributed by atoms with E-state index in [-0.39, 0.29) is 0 Å². The molecule has 4 N–H and O–H groups in total. The van der Waals surface area contributed by atoms with E-state index < -0.39 is 70.2 Å². The minimum Gasteiger partial charge on any atom is -0.480 e. The van der Waals surface area contributed by atoms with Crippen molar-refractivity contribution in [1.29, 1.82) is 0 Å². The van der Waals surface area contributed by atoms with E-state index >= 15 is 0 Å². The molecule has 1 saturated carbocycles. The topological polar surface area (TPSA) is 149 Å². The highest BCUT2D eigenvalue weighted by atomic mass is 16.4. The van der Waals surface area contributed by atoms with Gasteiger partial charge in [-0.3, -0.25) is 19.2 Å². The van der Waals surface area contributed by atoms with Crippen LogP contribution in [-0.2, 0) is 19.2 Å². The number of carboxylic acid groups (broad SMARTS) is 4. The molecule has 4 unspecified atom stereocenters. The summed E-state index contributed by atoms with van der Waals surface area (Å²) in [6, 6.07) is 0. The Bertz CT molecular complexity index is 638. The van der Waals surface area contributed by atoms with Crippen molar-refractivity contribution in [2.45, 2.75) is 60.8 Å². The average molecular weight is 414 g/mol. The monoisotopic (exact) mass is 414 g/mol. The third kappa shape index (κ3) is 3.51. The maximum absolute atomic E-state index is 12.5. The second kappa shape index (κ2) is 8.71. The second-order valence-corrected chi connectivity index (χ2v) is 9.08. The quantitative estimate of drug-likeness (QED) is 0.398. The van der Waals surface area contributed by atoms with Crippen LogP contribution < -0.4 is 0 Å². The smallest absolute Gasteiger partial charge is 0.321 e. The fraction of sp³-hybridized carbons (Fsp3) is 0.810. The fourth-order valence-electron chi connectivity index (χ4n) is 5.98. The molecule has 29 heavy (non-hydrogen) atoms. The van der Waals surface area contributed by atoms with Crippen LogP contribution in [0.15, 0.2) is 0 Å². The predicted molar refractivity (Wildman–Crippen MR) is 104 cm³/mol. The maximum atomic E-state index is 12.5. The van der Waals surface area contributed by atoms with Crippen molar-refractivity contribution in [2.24, 2.45) is 46.3 Å². The van der Waals surface area contributed by atoms with Gasteiger partial charge in [-0.2, -0.15) is 0 Å². The zero-order valence-electron chi connectivity index (χ0n) is 18.0. The lowest BCUT2D eigenvalue weighted by atomic mass is 9.53. The molecule has 1 fully saturated rings. The first-order valence-corrected chi connectivity index (χ1v) is 10.2. The highest BCUT2D eigenvalue weighted by molar-refractivity contribution is 6.01. The lowest BCUT2D eigenvalue weighted by Crippen LogP contribution is -2.60. The van der Waals surface area contributed by atoms with Gasteiger partial charge in [0.25, 0.3) is 0 Å². The van der Waals surface area contributed by atoms with Crippen molar-refractivity contribution in [3.8, 4) is 0 Å². The Kier molecular flexibility index (Phi) is 7.49. The van der Waals surface area contributed by atoms with E-state index in [1.54, 1.807) is 6.92 Å². The zero-order valence-corrected chi connectivity index (χ0v) is 18.0. The van der Waals surface area contributed by atoms with Crippen LogP contribution in [-0.4, -0.2) is 44.3 Å². The van der Waals surface area contributed by atoms with Crippen molar-refractivity contribution < 1.29 is 39.6 Å². The van der Waals surface area contributed by atoms with E-state index in [4.69, 9.17) is 0 Å². The molecule has 0 saturated heterocycles. The zero-order chi connectivity index (χ0) is 22.9. The lowest BCUT2D eigenvalue weighted by Gasteiger charge is -2.47. The van der Waals surface area contributed by atoms with Crippen LogP contribution in [0.1, 0.15) is 60.8 Å². The molecule has 0 radical (unpaired) electrons. The van der Waals surface area contributed by atoms with Gasteiger partial charge in [0, 0.05) is 0 Å². The van der Waals surface area contributed by atoms with Crippen molar-refractivity contribution in [1.82, 2.24) is 0 Å². The van der Waals surface area contributed by atoms with E-state index in [2.05, 4.69) is 0 Å². The van der Waals surface area contributed by atoms with Gasteiger partial charge < -0.3 is 20.4 Å². The third-order valence-corrected chi connectivity index (χ3v) is 7.13. The molecule has 0 aliphatic heterocycles. The lowest BCUT2D eigenvalue weighted by molar-refractivity contribution is -0.192. The van der Waals surface area contributed by atoms with Crippen molar-refractivity contribution >= 4 is 23.9 Å².